The summed E-state index contributed by atoms with van der Waals surface area (Å²) in [6.07, 6.45) is -38.1. The molecule has 21 atom stereocenters. The first kappa shape index (κ1) is 50.7. The molecule has 4 fully saturated rings. The van der Waals surface area contributed by atoms with Crippen LogP contribution in [0.1, 0.15) is 33.6 Å². The van der Waals surface area contributed by atoms with Gasteiger partial charge in [-0.2, -0.15) is 8.42 Å². The molecule has 0 radical (unpaired) electrons. The van der Waals surface area contributed by atoms with E-state index in [1.54, 1.807) is 6.92 Å². The molecular weight excluding hydrogens is 846 g/mol. The van der Waals surface area contributed by atoms with E-state index in [2.05, 4.69) is 9.50 Å². The lowest BCUT2D eigenvalue weighted by molar-refractivity contribution is -0.397. The van der Waals surface area contributed by atoms with Gasteiger partial charge in [0, 0.05) is 20.0 Å². The van der Waals surface area contributed by atoms with Gasteiger partial charge in [0.15, 0.2) is 18.9 Å². The predicted octanol–water partition coefficient (Wildman–Crippen LogP) is -8.11. The number of ether oxygens (including phenoxy) is 8. The Hall–Kier alpha value is -1.95. The standard InChI is InChI=1S/C32H55NO26S/c1-4-5-51-28-23(45)27(57-29-21(43)20(42)17(39)10(2)53-29)24(15(55-28)9-52-60(48,49)50)56-30-22(44)26(19(41)14(8-35)54-30)59-32(31(46)47)6-12(37)16(33-11(3)36)25(58-32)18(40)13(38)7-34/h10,12-30,34-35,37-45H,4-9H2,1-3H3,(H,33,36)(H,46,47)(H,48,49,50)/t10-,12-,13+,14+,15+,16+,17+,18+,19-,20+,21-,22+,23-,24+,25+,26-,27+,28+,29-,30-,32-/m0/s1. The quantitative estimate of drug-likeness (QED) is 0.0568. The molecule has 60 heavy (non-hydrogen) atoms. The summed E-state index contributed by atoms with van der Waals surface area (Å²) in [5.41, 5.74) is 0. The Bertz CT molecular complexity index is 1510. The van der Waals surface area contributed by atoms with E-state index in [0.717, 1.165) is 6.92 Å². The maximum Gasteiger partial charge on any atom is 0.397 e. The Kier molecular flexibility index (Phi) is 17.9. The van der Waals surface area contributed by atoms with Crippen molar-refractivity contribution < 1.29 is 126 Å². The second-order valence-corrected chi connectivity index (χ2v) is 15.8. The minimum Gasteiger partial charge on any atom is -0.477 e. The number of hydrogen-bond acceptors (Lipinski definition) is 24. The number of aliphatic carboxylic acids is 1. The van der Waals surface area contributed by atoms with Gasteiger partial charge < -0.3 is 104 Å². The van der Waals surface area contributed by atoms with Crippen LogP contribution in [-0.4, -0.2) is 241 Å². The first-order valence-corrected chi connectivity index (χ1v) is 20.1. The van der Waals surface area contributed by atoms with Crippen LogP contribution >= 0.6 is 0 Å². The normalized spacial score (nSPS) is 43.9. The first-order chi connectivity index (χ1) is 28.0. The van der Waals surface area contributed by atoms with Crippen LogP contribution in [0.25, 0.3) is 0 Å². The molecule has 1 amide bonds. The van der Waals surface area contributed by atoms with E-state index in [-0.39, 0.29) is 6.61 Å². The Morgan fingerprint density at radius 3 is 2.00 bits per heavy atom. The van der Waals surface area contributed by atoms with Crippen LogP contribution in [0.3, 0.4) is 0 Å². The molecule has 0 aliphatic carbocycles. The number of hydrogen-bond donors (Lipinski definition) is 14. The van der Waals surface area contributed by atoms with Gasteiger partial charge in [0.2, 0.25) is 5.91 Å². The smallest absolute Gasteiger partial charge is 0.397 e. The van der Waals surface area contributed by atoms with Crippen molar-refractivity contribution in [3.8, 4) is 0 Å². The molecule has 27 nitrogen and oxygen atoms in total. The predicted molar refractivity (Wildman–Crippen MR) is 186 cm³/mol. The van der Waals surface area contributed by atoms with E-state index in [1.165, 1.54) is 6.92 Å². The van der Waals surface area contributed by atoms with Crippen molar-refractivity contribution in [2.24, 2.45) is 0 Å². The highest BCUT2D eigenvalue weighted by molar-refractivity contribution is 7.80. The molecule has 4 saturated heterocycles. The molecule has 0 unspecified atom stereocenters. The Balaban J connectivity index is 1.75. The fourth-order valence-corrected chi connectivity index (χ4v) is 7.39. The molecule has 0 bridgehead atoms. The second kappa shape index (κ2) is 21.2. The average Bonchev–Trinajstić information content (AvgIpc) is 3.18. The second-order valence-electron chi connectivity index (χ2n) is 14.7. The largest absolute Gasteiger partial charge is 0.477 e. The Labute approximate surface area is 341 Å². The first-order valence-electron chi connectivity index (χ1n) is 18.7. The van der Waals surface area contributed by atoms with Gasteiger partial charge in [-0.1, -0.05) is 6.92 Å². The van der Waals surface area contributed by atoms with E-state index in [9.17, 15) is 83.8 Å². The minimum absolute atomic E-state index is 0.0830. The number of amides is 1. The fraction of sp³-hybridized carbons (Fsp3) is 0.938. The number of carbonyl (C=O) groups is 2. The third-order valence-electron chi connectivity index (χ3n) is 10.2. The van der Waals surface area contributed by atoms with Gasteiger partial charge in [-0.15, -0.1) is 0 Å². The van der Waals surface area contributed by atoms with Crippen molar-refractivity contribution in [3.05, 3.63) is 0 Å². The third kappa shape index (κ3) is 11.6. The van der Waals surface area contributed by atoms with Gasteiger partial charge in [-0.3, -0.25) is 9.35 Å². The lowest BCUT2D eigenvalue weighted by Crippen LogP contribution is -2.71. The Morgan fingerprint density at radius 2 is 1.43 bits per heavy atom. The van der Waals surface area contributed by atoms with Crippen LogP contribution in [0, 0.1) is 0 Å². The molecule has 0 aromatic heterocycles. The van der Waals surface area contributed by atoms with Crippen molar-refractivity contribution in [3.63, 3.8) is 0 Å². The van der Waals surface area contributed by atoms with Crippen LogP contribution in [-0.2, 0) is 62.1 Å². The zero-order valence-corrected chi connectivity index (χ0v) is 33.1. The number of carboxylic acids is 1. The molecule has 4 aliphatic rings. The number of carbonyl (C=O) groups excluding carboxylic acids is 1. The van der Waals surface area contributed by atoms with E-state index < -0.39 is 177 Å². The van der Waals surface area contributed by atoms with Gasteiger partial charge in [0.05, 0.1) is 38.1 Å². The number of aliphatic hydroxyl groups excluding tert-OH is 11. The molecule has 0 aromatic rings. The monoisotopic (exact) mass is 901 g/mol. The van der Waals surface area contributed by atoms with Gasteiger partial charge in [-0.05, 0) is 13.3 Å². The van der Waals surface area contributed by atoms with Crippen LogP contribution < -0.4 is 5.32 Å². The third-order valence-corrected chi connectivity index (χ3v) is 10.6. The summed E-state index contributed by atoms with van der Waals surface area (Å²) in [4.78, 5) is 24.9. The van der Waals surface area contributed by atoms with Gasteiger partial charge >= 0.3 is 16.4 Å². The molecular formula is C32H55NO26S. The van der Waals surface area contributed by atoms with Crippen molar-refractivity contribution in [2.45, 2.75) is 162 Å². The molecule has 0 aromatic carbocycles. The lowest BCUT2D eigenvalue weighted by Gasteiger charge is -2.51. The highest BCUT2D eigenvalue weighted by atomic mass is 32.3. The van der Waals surface area contributed by atoms with Crippen LogP contribution in [0.2, 0.25) is 0 Å². The molecule has 0 spiro atoms. The molecule has 350 valence electrons. The van der Waals surface area contributed by atoms with Crippen molar-refractivity contribution >= 4 is 22.3 Å². The number of aliphatic hydroxyl groups is 11. The molecule has 4 rings (SSSR count). The molecule has 4 heterocycles. The average molecular weight is 902 g/mol. The van der Waals surface area contributed by atoms with Crippen molar-refractivity contribution in [1.29, 1.82) is 0 Å². The lowest BCUT2D eigenvalue weighted by atomic mass is 9.88. The van der Waals surface area contributed by atoms with E-state index in [1.807, 2.05) is 0 Å². The zero-order chi connectivity index (χ0) is 45.0. The van der Waals surface area contributed by atoms with Crippen molar-refractivity contribution in [1.82, 2.24) is 5.32 Å². The molecule has 4 aliphatic heterocycles. The molecule has 0 saturated carbocycles. The fourth-order valence-electron chi connectivity index (χ4n) is 7.08. The SMILES string of the molecule is CCCO[C@@H]1O[C@H](COS(=O)(=O)O)[C@@H](O[C@@H]2O[C@H](CO)[C@H](O)[C@H](O[C@]3(C(=O)O)C[C@H](O)[C@@H](NC(C)=O)[C@H]([C@H](O)[C@H](O)CO)O3)[C@H]2O)[C@H](O[C@@H]2O[C@@H](C)[C@@H](O)[C@@H](O)[C@@H]2O)[C@@H]1O. The Morgan fingerprint density at radius 1 is 0.833 bits per heavy atom. The highest BCUT2D eigenvalue weighted by Crippen LogP contribution is 2.39. The number of rotatable bonds is 18. The van der Waals surface area contributed by atoms with Crippen LogP contribution in [0.4, 0.5) is 0 Å². The highest BCUT2D eigenvalue weighted by Gasteiger charge is 2.60. The van der Waals surface area contributed by atoms with Crippen LogP contribution in [0.5, 0.6) is 0 Å². The number of nitrogens with one attached hydrogen (secondary N) is 1. The summed E-state index contributed by atoms with van der Waals surface area (Å²) >= 11 is 0. The summed E-state index contributed by atoms with van der Waals surface area (Å²) in [7, 11) is -5.24. The van der Waals surface area contributed by atoms with Gasteiger partial charge in [0.1, 0.15) is 85.5 Å². The summed E-state index contributed by atoms with van der Waals surface area (Å²) in [5, 5.41) is 130. The molecule has 14 N–H and O–H groups in total. The summed E-state index contributed by atoms with van der Waals surface area (Å²) in [6, 6.07) is -1.64. The summed E-state index contributed by atoms with van der Waals surface area (Å²) < 4.78 is 82.7. The number of carboxylic acid groups (broad SMARTS) is 1. The summed E-state index contributed by atoms with van der Waals surface area (Å²) in [6.45, 7) is 0.507. The zero-order valence-electron chi connectivity index (χ0n) is 32.3. The van der Waals surface area contributed by atoms with E-state index in [0.29, 0.717) is 6.42 Å². The topological polar surface area (TPSA) is 426 Å². The van der Waals surface area contributed by atoms with E-state index in [4.69, 9.17) is 37.9 Å². The minimum atomic E-state index is -5.24. The van der Waals surface area contributed by atoms with Gasteiger partial charge in [-0.25, -0.2) is 8.98 Å². The maximum absolute atomic E-state index is 12.9. The van der Waals surface area contributed by atoms with Crippen LogP contribution in [0.15, 0.2) is 0 Å². The van der Waals surface area contributed by atoms with E-state index >= 15 is 0 Å². The van der Waals surface area contributed by atoms with Gasteiger partial charge in [0.25, 0.3) is 5.79 Å². The van der Waals surface area contributed by atoms with Crippen molar-refractivity contribution in [2.75, 3.05) is 26.4 Å². The molecule has 28 heteroatoms. The maximum atomic E-state index is 12.9. The summed E-state index contributed by atoms with van der Waals surface area (Å²) in [5.74, 6) is -6.04.